The molecule has 142 valence electrons. The molecule has 8 heteroatoms. The summed E-state index contributed by atoms with van der Waals surface area (Å²) in [5.74, 6) is 1.18. The summed E-state index contributed by atoms with van der Waals surface area (Å²) in [6.45, 7) is 1.49. The maximum absolute atomic E-state index is 13.0. The minimum Gasteiger partial charge on any atom is -0.384 e. The highest BCUT2D eigenvalue weighted by atomic mass is 16.5. The van der Waals surface area contributed by atoms with E-state index in [-0.39, 0.29) is 18.5 Å². The van der Waals surface area contributed by atoms with Crippen molar-refractivity contribution in [1.29, 1.82) is 0 Å². The Balaban J connectivity index is 1.51. The van der Waals surface area contributed by atoms with Gasteiger partial charge in [0, 0.05) is 20.1 Å². The number of likely N-dealkylation sites (tertiary alicyclic amines) is 1. The van der Waals surface area contributed by atoms with Gasteiger partial charge in [0.25, 0.3) is 0 Å². The fourth-order valence-electron chi connectivity index (χ4n) is 3.56. The standard InChI is InChI=1S/C19H23N5O3/c1-26-11-9-17-21-19(27-22-17)16-8-4-5-10-24(16)18(25)12-23-13-20-14-6-2-3-7-15(14)23/h2-3,6-7,13,16H,4-5,8-12H2,1H3. The third kappa shape index (κ3) is 3.71. The average molecular weight is 369 g/mol. The Morgan fingerprint density at radius 3 is 3.11 bits per heavy atom. The van der Waals surface area contributed by atoms with Crippen LogP contribution in [-0.2, 0) is 22.5 Å². The number of piperidine rings is 1. The lowest BCUT2D eigenvalue weighted by molar-refractivity contribution is -0.136. The molecule has 3 heterocycles. The van der Waals surface area contributed by atoms with Crippen LogP contribution in [0.25, 0.3) is 11.0 Å². The second-order valence-corrected chi connectivity index (χ2v) is 6.75. The van der Waals surface area contributed by atoms with Gasteiger partial charge in [0.1, 0.15) is 12.6 Å². The third-order valence-electron chi connectivity index (χ3n) is 4.95. The molecule has 2 aromatic heterocycles. The number of carbonyl (C=O) groups excluding carboxylic acids is 1. The van der Waals surface area contributed by atoms with Crippen molar-refractivity contribution in [2.24, 2.45) is 0 Å². The zero-order chi connectivity index (χ0) is 18.6. The van der Waals surface area contributed by atoms with Gasteiger partial charge in [0.05, 0.1) is 24.0 Å². The molecule has 0 radical (unpaired) electrons. The zero-order valence-corrected chi connectivity index (χ0v) is 15.4. The SMILES string of the molecule is COCCc1noc(C2CCCCN2C(=O)Cn2cnc3ccccc32)n1. The van der Waals surface area contributed by atoms with E-state index < -0.39 is 0 Å². The molecule has 1 atom stereocenters. The molecule has 27 heavy (non-hydrogen) atoms. The van der Waals surface area contributed by atoms with E-state index >= 15 is 0 Å². The van der Waals surface area contributed by atoms with Crippen LogP contribution >= 0.6 is 0 Å². The lowest BCUT2D eigenvalue weighted by atomic mass is 10.0. The third-order valence-corrected chi connectivity index (χ3v) is 4.95. The van der Waals surface area contributed by atoms with E-state index in [1.165, 1.54) is 0 Å². The summed E-state index contributed by atoms with van der Waals surface area (Å²) in [5.41, 5.74) is 1.85. The fraction of sp³-hybridized carbons (Fsp3) is 0.474. The Bertz CT molecular complexity index is 919. The Hall–Kier alpha value is -2.74. The molecule has 4 rings (SSSR count). The van der Waals surface area contributed by atoms with Gasteiger partial charge in [0.15, 0.2) is 5.82 Å². The van der Waals surface area contributed by atoms with E-state index in [1.807, 2.05) is 33.7 Å². The van der Waals surface area contributed by atoms with Crippen molar-refractivity contribution in [2.75, 3.05) is 20.3 Å². The van der Waals surface area contributed by atoms with Gasteiger partial charge in [-0.3, -0.25) is 4.79 Å². The topological polar surface area (TPSA) is 86.3 Å². The van der Waals surface area contributed by atoms with E-state index in [2.05, 4.69) is 15.1 Å². The molecule has 0 aliphatic carbocycles. The van der Waals surface area contributed by atoms with Crippen molar-refractivity contribution in [3.05, 3.63) is 42.3 Å². The molecule has 1 unspecified atom stereocenters. The number of carbonyl (C=O) groups is 1. The van der Waals surface area contributed by atoms with Crippen LogP contribution in [0.15, 0.2) is 35.1 Å². The van der Waals surface area contributed by atoms with E-state index in [1.54, 1.807) is 13.4 Å². The van der Waals surface area contributed by atoms with Crippen molar-refractivity contribution in [2.45, 2.75) is 38.3 Å². The van der Waals surface area contributed by atoms with E-state index in [4.69, 9.17) is 9.26 Å². The monoisotopic (exact) mass is 369 g/mol. The van der Waals surface area contributed by atoms with Gasteiger partial charge < -0.3 is 18.7 Å². The van der Waals surface area contributed by atoms with Gasteiger partial charge in [-0.1, -0.05) is 17.3 Å². The normalized spacial score (nSPS) is 17.5. The molecule has 1 fully saturated rings. The molecule has 0 spiro atoms. The van der Waals surface area contributed by atoms with Crippen molar-refractivity contribution < 1.29 is 14.1 Å². The smallest absolute Gasteiger partial charge is 0.249 e. The Morgan fingerprint density at radius 2 is 2.22 bits per heavy atom. The van der Waals surface area contributed by atoms with E-state index in [0.717, 1.165) is 30.3 Å². The highest BCUT2D eigenvalue weighted by Gasteiger charge is 2.32. The Kier molecular flexibility index (Phi) is 5.15. The number of ether oxygens (including phenoxy) is 1. The quantitative estimate of drug-likeness (QED) is 0.663. The number of methoxy groups -OCH3 is 1. The molecular weight excluding hydrogens is 346 g/mol. The zero-order valence-electron chi connectivity index (χ0n) is 15.4. The number of rotatable bonds is 6. The Labute approximate surface area is 157 Å². The van der Waals surface area contributed by atoms with Gasteiger partial charge in [-0.15, -0.1) is 0 Å². The highest BCUT2D eigenvalue weighted by Crippen LogP contribution is 2.30. The van der Waals surface area contributed by atoms with Crippen LogP contribution in [0.3, 0.4) is 0 Å². The van der Waals surface area contributed by atoms with Crippen LogP contribution < -0.4 is 0 Å². The van der Waals surface area contributed by atoms with Gasteiger partial charge in [0.2, 0.25) is 11.8 Å². The summed E-state index contributed by atoms with van der Waals surface area (Å²) in [7, 11) is 1.64. The van der Waals surface area contributed by atoms with Crippen molar-refractivity contribution >= 4 is 16.9 Å². The first-order valence-corrected chi connectivity index (χ1v) is 9.27. The number of amides is 1. The largest absolute Gasteiger partial charge is 0.384 e. The number of aromatic nitrogens is 4. The summed E-state index contributed by atoms with van der Waals surface area (Å²) in [4.78, 5) is 23.8. The number of imidazole rings is 1. The number of nitrogens with zero attached hydrogens (tertiary/aromatic N) is 5. The minimum absolute atomic E-state index is 0.0412. The van der Waals surface area contributed by atoms with Crippen LogP contribution in [0.1, 0.15) is 37.0 Å². The van der Waals surface area contributed by atoms with Crippen molar-refractivity contribution in [1.82, 2.24) is 24.6 Å². The first-order valence-electron chi connectivity index (χ1n) is 9.27. The van der Waals surface area contributed by atoms with E-state index in [9.17, 15) is 4.79 Å². The Morgan fingerprint density at radius 1 is 1.33 bits per heavy atom. The summed E-state index contributed by atoms with van der Waals surface area (Å²) in [6, 6.07) is 7.65. The average Bonchev–Trinajstić information content (AvgIpc) is 3.34. The van der Waals surface area contributed by atoms with Crippen molar-refractivity contribution in [3.63, 3.8) is 0 Å². The maximum atomic E-state index is 13.0. The van der Waals surface area contributed by atoms with Gasteiger partial charge in [-0.05, 0) is 31.4 Å². The summed E-state index contributed by atoms with van der Waals surface area (Å²) in [6.07, 6.45) is 5.18. The molecule has 3 aromatic rings. The molecule has 8 nitrogen and oxygen atoms in total. The molecule has 1 saturated heterocycles. The van der Waals surface area contributed by atoms with Crippen LogP contribution in [-0.4, -0.2) is 50.8 Å². The van der Waals surface area contributed by atoms with Crippen molar-refractivity contribution in [3.8, 4) is 0 Å². The predicted octanol–water partition coefficient (Wildman–Crippen LogP) is 2.36. The summed E-state index contributed by atoms with van der Waals surface area (Å²) < 4.78 is 12.4. The molecule has 1 aliphatic heterocycles. The lowest BCUT2D eigenvalue weighted by Crippen LogP contribution is -2.40. The molecule has 1 aromatic carbocycles. The predicted molar refractivity (Wildman–Crippen MR) is 97.9 cm³/mol. The molecular formula is C19H23N5O3. The van der Waals surface area contributed by atoms with Gasteiger partial charge in [-0.2, -0.15) is 4.98 Å². The van der Waals surface area contributed by atoms with Gasteiger partial charge in [-0.25, -0.2) is 4.98 Å². The first kappa shape index (κ1) is 17.7. The highest BCUT2D eigenvalue weighted by molar-refractivity contribution is 5.80. The molecule has 0 N–H and O–H groups in total. The van der Waals surface area contributed by atoms with Crippen LogP contribution in [0.5, 0.6) is 0 Å². The number of hydrogen-bond acceptors (Lipinski definition) is 6. The second kappa shape index (κ2) is 7.87. The number of benzene rings is 1. The summed E-state index contributed by atoms with van der Waals surface area (Å²) >= 11 is 0. The van der Waals surface area contributed by atoms with Gasteiger partial charge >= 0.3 is 0 Å². The number of para-hydroxylation sites is 2. The first-order chi connectivity index (χ1) is 13.3. The van der Waals surface area contributed by atoms with Crippen LogP contribution in [0.4, 0.5) is 0 Å². The lowest BCUT2D eigenvalue weighted by Gasteiger charge is -2.33. The second-order valence-electron chi connectivity index (χ2n) is 6.75. The maximum Gasteiger partial charge on any atom is 0.249 e. The fourth-order valence-corrected chi connectivity index (χ4v) is 3.56. The van der Waals surface area contributed by atoms with Crippen LogP contribution in [0.2, 0.25) is 0 Å². The van der Waals surface area contributed by atoms with Crippen LogP contribution in [0, 0.1) is 0 Å². The molecule has 0 bridgehead atoms. The minimum atomic E-state index is -0.162. The molecule has 1 aliphatic rings. The number of hydrogen-bond donors (Lipinski definition) is 0. The summed E-state index contributed by atoms with van der Waals surface area (Å²) in [5, 5.41) is 4.02. The van der Waals surface area contributed by atoms with E-state index in [0.29, 0.717) is 31.3 Å². The number of fused-ring (bicyclic) bond motifs is 1. The molecule has 1 amide bonds. The molecule has 0 saturated carbocycles.